The van der Waals surface area contributed by atoms with E-state index in [1.54, 1.807) is 7.11 Å². The fourth-order valence-electron chi connectivity index (χ4n) is 2.38. The molecule has 0 aromatic heterocycles. The molecule has 0 spiro atoms. The molecule has 1 aliphatic rings. The Morgan fingerprint density at radius 2 is 2.00 bits per heavy atom. The average molecular weight is 227 g/mol. The number of ether oxygens (including phenoxy) is 1. The van der Waals surface area contributed by atoms with E-state index in [9.17, 15) is 0 Å². The molecule has 1 fully saturated rings. The monoisotopic (exact) mass is 227 g/mol. The summed E-state index contributed by atoms with van der Waals surface area (Å²) in [6, 6.07) is 0.843. The molecule has 16 heavy (non-hydrogen) atoms. The summed E-state index contributed by atoms with van der Waals surface area (Å²) >= 11 is 0. The third kappa shape index (κ3) is 5.86. The van der Waals surface area contributed by atoms with Gasteiger partial charge in [0, 0.05) is 26.3 Å². The zero-order valence-corrected chi connectivity index (χ0v) is 11.3. The predicted molar refractivity (Wildman–Crippen MR) is 69.8 cm³/mol. The van der Waals surface area contributed by atoms with Gasteiger partial charge in [0.2, 0.25) is 0 Å². The Labute approximate surface area is 101 Å². The van der Waals surface area contributed by atoms with Crippen LogP contribution in [0.25, 0.3) is 0 Å². The van der Waals surface area contributed by atoms with Crippen molar-refractivity contribution in [1.29, 1.82) is 0 Å². The van der Waals surface area contributed by atoms with Gasteiger partial charge in [0.25, 0.3) is 0 Å². The smallest absolute Gasteiger partial charge is 0.0462 e. The minimum atomic E-state index is 0.505. The van der Waals surface area contributed by atoms with Gasteiger partial charge in [-0.25, -0.2) is 0 Å². The van der Waals surface area contributed by atoms with Gasteiger partial charge in [0.15, 0.2) is 0 Å². The first-order chi connectivity index (χ1) is 7.70. The molecule has 1 saturated carbocycles. The van der Waals surface area contributed by atoms with Crippen LogP contribution in [0.4, 0.5) is 0 Å². The number of unbranched alkanes of at least 4 members (excludes halogenated alkanes) is 1. The molecule has 96 valence electrons. The molecule has 0 bridgehead atoms. The van der Waals surface area contributed by atoms with Crippen molar-refractivity contribution in [1.82, 2.24) is 5.32 Å². The van der Waals surface area contributed by atoms with E-state index in [4.69, 9.17) is 4.74 Å². The predicted octanol–water partition coefficient (Wildman–Crippen LogP) is 3.36. The first kappa shape index (κ1) is 14.0. The molecule has 0 aromatic carbocycles. The molecule has 1 unspecified atom stereocenters. The van der Waals surface area contributed by atoms with Crippen molar-refractivity contribution in [3.63, 3.8) is 0 Å². The first-order valence-electron chi connectivity index (χ1n) is 6.92. The Hall–Kier alpha value is -0.0800. The van der Waals surface area contributed by atoms with Gasteiger partial charge in [-0.1, -0.05) is 26.7 Å². The topological polar surface area (TPSA) is 21.3 Å². The Morgan fingerprint density at radius 3 is 2.56 bits per heavy atom. The van der Waals surface area contributed by atoms with Crippen molar-refractivity contribution in [2.45, 2.75) is 64.8 Å². The average Bonchev–Trinajstić information content (AvgIpc) is 3.06. The van der Waals surface area contributed by atoms with E-state index in [0.717, 1.165) is 12.6 Å². The Bertz CT molecular complexity index is 180. The zero-order chi connectivity index (χ0) is 11.9. The fraction of sp³-hybridized carbons (Fsp3) is 1.00. The standard InChI is InChI=1S/C14H29NO/c1-4-9-14(2,10-5-6-11-16-3)12-15-13-7-8-13/h13,15H,4-12H2,1-3H3. The maximum absolute atomic E-state index is 5.11. The minimum Gasteiger partial charge on any atom is -0.385 e. The molecule has 1 atom stereocenters. The van der Waals surface area contributed by atoms with Crippen LogP contribution in [0, 0.1) is 5.41 Å². The summed E-state index contributed by atoms with van der Waals surface area (Å²) in [5.74, 6) is 0. The lowest BCUT2D eigenvalue weighted by atomic mass is 9.80. The van der Waals surface area contributed by atoms with Crippen molar-refractivity contribution in [2.75, 3.05) is 20.3 Å². The van der Waals surface area contributed by atoms with Crippen LogP contribution < -0.4 is 5.32 Å². The molecule has 0 saturated heterocycles. The Balaban J connectivity index is 2.18. The van der Waals surface area contributed by atoms with Gasteiger partial charge in [0.1, 0.15) is 0 Å². The molecule has 0 amide bonds. The third-order valence-corrected chi connectivity index (χ3v) is 3.63. The van der Waals surface area contributed by atoms with Gasteiger partial charge in [-0.15, -0.1) is 0 Å². The third-order valence-electron chi connectivity index (χ3n) is 3.63. The van der Waals surface area contributed by atoms with Gasteiger partial charge in [-0.05, 0) is 37.5 Å². The van der Waals surface area contributed by atoms with Crippen molar-refractivity contribution in [2.24, 2.45) is 5.41 Å². The molecule has 1 N–H and O–H groups in total. The van der Waals surface area contributed by atoms with Crippen molar-refractivity contribution >= 4 is 0 Å². The summed E-state index contributed by atoms with van der Waals surface area (Å²) in [6.45, 7) is 6.86. The van der Waals surface area contributed by atoms with Crippen LogP contribution in [-0.4, -0.2) is 26.3 Å². The van der Waals surface area contributed by atoms with E-state index in [2.05, 4.69) is 19.2 Å². The number of hydrogen-bond acceptors (Lipinski definition) is 2. The lowest BCUT2D eigenvalue weighted by Crippen LogP contribution is -2.33. The molecular weight excluding hydrogens is 198 g/mol. The van der Waals surface area contributed by atoms with Gasteiger partial charge < -0.3 is 10.1 Å². The van der Waals surface area contributed by atoms with Crippen LogP contribution in [0.15, 0.2) is 0 Å². The largest absolute Gasteiger partial charge is 0.385 e. The lowest BCUT2D eigenvalue weighted by Gasteiger charge is -2.30. The first-order valence-corrected chi connectivity index (χ1v) is 6.92. The molecule has 1 rings (SSSR count). The summed E-state index contributed by atoms with van der Waals surface area (Å²) in [7, 11) is 1.79. The lowest BCUT2D eigenvalue weighted by molar-refractivity contribution is 0.179. The van der Waals surface area contributed by atoms with Crippen LogP contribution >= 0.6 is 0 Å². The van der Waals surface area contributed by atoms with E-state index in [0.29, 0.717) is 5.41 Å². The van der Waals surface area contributed by atoms with Crippen LogP contribution in [-0.2, 0) is 4.74 Å². The number of hydrogen-bond donors (Lipinski definition) is 1. The summed E-state index contributed by atoms with van der Waals surface area (Å²) in [5.41, 5.74) is 0.505. The SMILES string of the molecule is CCCC(C)(CCCCOC)CNC1CC1. The van der Waals surface area contributed by atoms with Crippen LogP contribution in [0.5, 0.6) is 0 Å². The van der Waals surface area contributed by atoms with E-state index < -0.39 is 0 Å². The highest BCUT2D eigenvalue weighted by atomic mass is 16.5. The highest BCUT2D eigenvalue weighted by molar-refractivity contribution is 4.85. The molecule has 0 radical (unpaired) electrons. The normalized spacial score (nSPS) is 19.7. The van der Waals surface area contributed by atoms with E-state index in [1.807, 2.05) is 0 Å². The Morgan fingerprint density at radius 1 is 1.25 bits per heavy atom. The van der Waals surface area contributed by atoms with E-state index in [-0.39, 0.29) is 0 Å². The van der Waals surface area contributed by atoms with E-state index >= 15 is 0 Å². The van der Waals surface area contributed by atoms with Crippen LogP contribution in [0.2, 0.25) is 0 Å². The molecule has 2 heteroatoms. The molecule has 1 aliphatic carbocycles. The van der Waals surface area contributed by atoms with Gasteiger partial charge in [-0.3, -0.25) is 0 Å². The molecule has 0 aliphatic heterocycles. The summed E-state index contributed by atoms with van der Waals surface area (Å²) in [4.78, 5) is 0. The van der Waals surface area contributed by atoms with Gasteiger partial charge in [0.05, 0.1) is 0 Å². The van der Waals surface area contributed by atoms with Crippen molar-refractivity contribution < 1.29 is 4.74 Å². The highest BCUT2D eigenvalue weighted by Gasteiger charge is 2.27. The minimum absolute atomic E-state index is 0.505. The van der Waals surface area contributed by atoms with Crippen molar-refractivity contribution in [3.8, 4) is 0 Å². The number of methoxy groups -OCH3 is 1. The highest BCUT2D eigenvalue weighted by Crippen LogP contribution is 2.30. The maximum atomic E-state index is 5.11. The maximum Gasteiger partial charge on any atom is 0.0462 e. The molecule has 0 aromatic rings. The number of rotatable bonds is 10. The zero-order valence-electron chi connectivity index (χ0n) is 11.3. The summed E-state index contributed by atoms with van der Waals surface area (Å²) < 4.78 is 5.11. The molecule has 2 nitrogen and oxygen atoms in total. The fourth-order valence-corrected chi connectivity index (χ4v) is 2.38. The van der Waals surface area contributed by atoms with Crippen molar-refractivity contribution in [3.05, 3.63) is 0 Å². The second-order valence-corrected chi connectivity index (χ2v) is 5.67. The Kier molecular flexibility index (Phi) is 6.37. The van der Waals surface area contributed by atoms with Gasteiger partial charge >= 0.3 is 0 Å². The van der Waals surface area contributed by atoms with Gasteiger partial charge in [-0.2, -0.15) is 0 Å². The van der Waals surface area contributed by atoms with Crippen LogP contribution in [0.3, 0.4) is 0 Å². The molecule has 0 heterocycles. The van der Waals surface area contributed by atoms with Crippen LogP contribution in [0.1, 0.15) is 58.8 Å². The summed E-state index contributed by atoms with van der Waals surface area (Å²) in [6.07, 6.45) is 9.28. The number of nitrogens with one attached hydrogen (secondary N) is 1. The van der Waals surface area contributed by atoms with E-state index in [1.165, 1.54) is 51.5 Å². The quantitative estimate of drug-likeness (QED) is 0.578. The molecular formula is C14H29NO. The second-order valence-electron chi connectivity index (χ2n) is 5.67. The second kappa shape index (κ2) is 7.29. The summed E-state index contributed by atoms with van der Waals surface area (Å²) in [5, 5.41) is 3.69.